The maximum atomic E-state index is 12.4. The molecular formula is C11H9F3. The van der Waals surface area contributed by atoms with Gasteiger partial charge in [0, 0.05) is 0 Å². The molecule has 2 rings (SSSR count). The van der Waals surface area contributed by atoms with Gasteiger partial charge in [0.25, 0.3) is 0 Å². The fourth-order valence-electron chi connectivity index (χ4n) is 1.63. The highest BCUT2D eigenvalue weighted by Crippen LogP contribution is 2.34. The third-order valence-corrected chi connectivity index (χ3v) is 2.42. The van der Waals surface area contributed by atoms with Gasteiger partial charge in [-0.2, -0.15) is 13.2 Å². The average Bonchev–Trinajstić information content (AvgIpc) is 2.16. The molecule has 1 aromatic rings. The van der Waals surface area contributed by atoms with Crippen LogP contribution in [0.25, 0.3) is 6.08 Å². The molecule has 0 nitrogen and oxygen atoms in total. The van der Waals surface area contributed by atoms with E-state index in [-0.39, 0.29) is 6.42 Å². The summed E-state index contributed by atoms with van der Waals surface area (Å²) < 4.78 is 37.2. The van der Waals surface area contributed by atoms with Crippen LogP contribution in [0.1, 0.15) is 11.1 Å². The predicted octanol–water partition coefficient (Wildman–Crippen LogP) is 3.43. The van der Waals surface area contributed by atoms with Crippen LogP contribution in [0.5, 0.6) is 0 Å². The molecule has 0 saturated heterocycles. The van der Waals surface area contributed by atoms with E-state index in [1.807, 2.05) is 12.1 Å². The SMILES string of the molecule is FC(F)(F)C1C=Cc2ccccc2C1. The van der Waals surface area contributed by atoms with Crippen LogP contribution in [0.15, 0.2) is 30.3 Å². The summed E-state index contributed by atoms with van der Waals surface area (Å²) >= 11 is 0. The first-order chi connectivity index (χ1) is 6.57. The molecule has 0 aliphatic heterocycles. The number of benzene rings is 1. The van der Waals surface area contributed by atoms with E-state index in [0.717, 1.165) is 11.1 Å². The molecule has 1 aromatic carbocycles. The van der Waals surface area contributed by atoms with Crippen LogP contribution in [-0.4, -0.2) is 6.18 Å². The quantitative estimate of drug-likeness (QED) is 0.599. The largest absolute Gasteiger partial charge is 0.395 e. The summed E-state index contributed by atoms with van der Waals surface area (Å²) in [5.41, 5.74) is 1.67. The maximum absolute atomic E-state index is 12.4. The van der Waals surface area contributed by atoms with Crippen molar-refractivity contribution in [2.24, 2.45) is 5.92 Å². The lowest BCUT2D eigenvalue weighted by molar-refractivity contribution is -0.160. The van der Waals surface area contributed by atoms with Crippen molar-refractivity contribution in [3.8, 4) is 0 Å². The van der Waals surface area contributed by atoms with Gasteiger partial charge < -0.3 is 0 Å². The monoisotopic (exact) mass is 198 g/mol. The number of halogens is 3. The Morgan fingerprint density at radius 2 is 1.86 bits per heavy atom. The van der Waals surface area contributed by atoms with E-state index in [0.29, 0.717) is 0 Å². The lowest BCUT2D eigenvalue weighted by atomic mass is 9.89. The molecule has 0 bridgehead atoms. The molecular weight excluding hydrogens is 189 g/mol. The molecule has 0 aromatic heterocycles. The van der Waals surface area contributed by atoms with Crippen LogP contribution in [0.2, 0.25) is 0 Å². The van der Waals surface area contributed by atoms with Gasteiger partial charge in [-0.15, -0.1) is 0 Å². The van der Waals surface area contributed by atoms with E-state index in [1.54, 1.807) is 18.2 Å². The minimum Gasteiger partial charge on any atom is -0.170 e. The number of alkyl halides is 3. The summed E-state index contributed by atoms with van der Waals surface area (Å²) in [6.45, 7) is 0. The first-order valence-electron chi connectivity index (χ1n) is 4.40. The van der Waals surface area contributed by atoms with Gasteiger partial charge in [0.05, 0.1) is 5.92 Å². The van der Waals surface area contributed by atoms with Crippen molar-refractivity contribution in [2.45, 2.75) is 12.6 Å². The average molecular weight is 198 g/mol. The summed E-state index contributed by atoms with van der Waals surface area (Å²) in [7, 11) is 0. The molecule has 0 amide bonds. The summed E-state index contributed by atoms with van der Waals surface area (Å²) in [5.74, 6) is -1.32. The second-order valence-electron chi connectivity index (χ2n) is 3.41. The van der Waals surface area contributed by atoms with Gasteiger partial charge in [-0.05, 0) is 17.5 Å². The standard InChI is InChI=1S/C11H9F3/c12-11(13,14)10-6-5-8-3-1-2-4-9(8)7-10/h1-6,10H,7H2. The summed E-state index contributed by atoms with van der Waals surface area (Å²) in [6, 6.07) is 7.18. The highest BCUT2D eigenvalue weighted by molar-refractivity contribution is 5.56. The molecule has 74 valence electrons. The summed E-state index contributed by atoms with van der Waals surface area (Å²) in [6.07, 6.45) is -1.26. The van der Waals surface area contributed by atoms with E-state index in [9.17, 15) is 13.2 Å². The molecule has 0 spiro atoms. The molecule has 0 heterocycles. The minimum absolute atomic E-state index is 0.0656. The van der Waals surface area contributed by atoms with Crippen molar-refractivity contribution in [3.63, 3.8) is 0 Å². The summed E-state index contributed by atoms with van der Waals surface area (Å²) in [4.78, 5) is 0. The molecule has 3 heteroatoms. The van der Waals surface area contributed by atoms with E-state index >= 15 is 0 Å². The Morgan fingerprint density at radius 3 is 2.57 bits per heavy atom. The van der Waals surface area contributed by atoms with Crippen LogP contribution < -0.4 is 0 Å². The Bertz CT molecular complexity index is 363. The number of allylic oxidation sites excluding steroid dienone is 1. The van der Waals surface area contributed by atoms with Gasteiger partial charge in [-0.25, -0.2) is 0 Å². The fraction of sp³-hybridized carbons (Fsp3) is 0.273. The normalized spacial score (nSPS) is 20.6. The molecule has 1 atom stereocenters. The first-order valence-corrected chi connectivity index (χ1v) is 4.40. The maximum Gasteiger partial charge on any atom is 0.395 e. The van der Waals surface area contributed by atoms with Crippen molar-refractivity contribution in [1.29, 1.82) is 0 Å². The number of fused-ring (bicyclic) bond motifs is 1. The fourth-order valence-corrected chi connectivity index (χ4v) is 1.63. The van der Waals surface area contributed by atoms with Gasteiger partial charge >= 0.3 is 6.18 Å². The smallest absolute Gasteiger partial charge is 0.170 e. The van der Waals surface area contributed by atoms with Gasteiger partial charge in [0.15, 0.2) is 0 Å². The second-order valence-corrected chi connectivity index (χ2v) is 3.41. The van der Waals surface area contributed by atoms with E-state index in [1.165, 1.54) is 6.08 Å². The zero-order chi connectivity index (χ0) is 10.2. The van der Waals surface area contributed by atoms with Crippen LogP contribution >= 0.6 is 0 Å². The van der Waals surface area contributed by atoms with Crippen molar-refractivity contribution in [3.05, 3.63) is 41.5 Å². The third kappa shape index (κ3) is 1.67. The Kier molecular flexibility index (Phi) is 2.10. The third-order valence-electron chi connectivity index (χ3n) is 2.42. The molecule has 0 radical (unpaired) electrons. The van der Waals surface area contributed by atoms with E-state index in [2.05, 4.69) is 0 Å². The first kappa shape index (κ1) is 9.31. The topological polar surface area (TPSA) is 0 Å². The van der Waals surface area contributed by atoms with Crippen LogP contribution in [0.3, 0.4) is 0 Å². The van der Waals surface area contributed by atoms with Crippen LogP contribution in [0, 0.1) is 5.92 Å². The summed E-state index contributed by atoms with van der Waals surface area (Å²) in [5, 5.41) is 0. The molecule has 0 N–H and O–H groups in total. The minimum atomic E-state index is -4.12. The Hall–Kier alpha value is -1.25. The van der Waals surface area contributed by atoms with E-state index < -0.39 is 12.1 Å². The van der Waals surface area contributed by atoms with Gasteiger partial charge in [0.1, 0.15) is 0 Å². The van der Waals surface area contributed by atoms with E-state index in [4.69, 9.17) is 0 Å². The van der Waals surface area contributed by atoms with Gasteiger partial charge in [0.2, 0.25) is 0 Å². The van der Waals surface area contributed by atoms with Crippen molar-refractivity contribution >= 4 is 6.08 Å². The second kappa shape index (κ2) is 3.15. The predicted molar refractivity (Wildman–Crippen MR) is 48.7 cm³/mol. The van der Waals surface area contributed by atoms with Gasteiger partial charge in [-0.3, -0.25) is 0 Å². The van der Waals surface area contributed by atoms with Gasteiger partial charge in [-0.1, -0.05) is 36.4 Å². The number of rotatable bonds is 0. The zero-order valence-electron chi connectivity index (χ0n) is 7.38. The zero-order valence-corrected chi connectivity index (χ0v) is 7.38. The number of hydrogen-bond donors (Lipinski definition) is 0. The molecule has 14 heavy (non-hydrogen) atoms. The molecule has 1 aliphatic carbocycles. The Balaban J connectivity index is 2.30. The Morgan fingerprint density at radius 1 is 1.14 bits per heavy atom. The van der Waals surface area contributed by atoms with Crippen molar-refractivity contribution in [1.82, 2.24) is 0 Å². The van der Waals surface area contributed by atoms with Crippen LogP contribution in [-0.2, 0) is 6.42 Å². The molecule has 0 fully saturated rings. The molecule has 1 unspecified atom stereocenters. The highest BCUT2D eigenvalue weighted by atomic mass is 19.4. The van der Waals surface area contributed by atoms with Crippen molar-refractivity contribution < 1.29 is 13.2 Å². The number of hydrogen-bond acceptors (Lipinski definition) is 0. The van der Waals surface area contributed by atoms with Crippen LogP contribution in [0.4, 0.5) is 13.2 Å². The Labute approximate surface area is 80.1 Å². The molecule has 1 aliphatic rings. The molecule has 0 saturated carbocycles. The lowest BCUT2D eigenvalue weighted by Gasteiger charge is -2.21. The lowest BCUT2D eigenvalue weighted by Crippen LogP contribution is -2.24. The van der Waals surface area contributed by atoms with Crippen molar-refractivity contribution in [2.75, 3.05) is 0 Å². The highest BCUT2D eigenvalue weighted by Gasteiger charge is 2.38.